The summed E-state index contributed by atoms with van der Waals surface area (Å²) in [6.07, 6.45) is 13.1. The second kappa shape index (κ2) is 18.5. The Bertz CT molecular complexity index is 2190. The van der Waals surface area contributed by atoms with Gasteiger partial charge in [0.15, 0.2) is 0 Å². The third-order valence-corrected chi connectivity index (χ3v) is 28.1. The van der Waals surface area contributed by atoms with Gasteiger partial charge in [0, 0.05) is 0 Å². The topological polar surface area (TPSA) is 0 Å². The van der Waals surface area contributed by atoms with Crippen LogP contribution in [-0.4, -0.2) is 0 Å². The summed E-state index contributed by atoms with van der Waals surface area (Å²) in [6.45, 7) is 43.2. The third kappa shape index (κ3) is 9.81. The summed E-state index contributed by atoms with van der Waals surface area (Å²) >= 11 is -3.06. The van der Waals surface area contributed by atoms with E-state index in [9.17, 15) is 0 Å². The van der Waals surface area contributed by atoms with Crippen LogP contribution in [-0.2, 0) is 41.9 Å². The van der Waals surface area contributed by atoms with E-state index in [4.69, 9.17) is 0 Å². The Hall–Kier alpha value is -2.18. The summed E-state index contributed by atoms with van der Waals surface area (Å²) in [5.41, 5.74) is 28.1. The van der Waals surface area contributed by atoms with Crippen LogP contribution in [0.25, 0.3) is 34.4 Å². The van der Waals surface area contributed by atoms with E-state index < -0.39 is 20.3 Å². The normalized spacial score (nSPS) is 17.5. The second-order valence-electron chi connectivity index (χ2n) is 24.3. The Morgan fingerprint density at radius 1 is 0.444 bits per heavy atom. The van der Waals surface area contributed by atoms with Crippen molar-refractivity contribution in [1.82, 2.24) is 0 Å². The molecule has 1 heterocycles. The average molecular weight is 965 g/mol. The first kappa shape index (κ1) is 51.8. The van der Waals surface area contributed by atoms with Crippen LogP contribution < -0.4 is 24.8 Å². The Labute approximate surface area is 403 Å². The van der Waals surface area contributed by atoms with Crippen LogP contribution in [0, 0.1) is 27.7 Å². The monoisotopic (exact) mass is 962 g/mol. The smallest absolute Gasteiger partial charge is 1.00 e. The fraction of sp³-hybridized carbons (Fsp3) is 0.533. The van der Waals surface area contributed by atoms with Crippen molar-refractivity contribution in [1.29, 1.82) is 0 Å². The largest absolute Gasteiger partial charge is 1.00 e. The van der Waals surface area contributed by atoms with Crippen LogP contribution >= 0.6 is 0 Å². The van der Waals surface area contributed by atoms with Crippen molar-refractivity contribution in [2.75, 3.05) is 0 Å². The molecule has 0 nitrogen and oxygen atoms in total. The molecule has 1 saturated heterocycles. The van der Waals surface area contributed by atoms with Crippen molar-refractivity contribution < 1.29 is 45.1 Å². The molecule has 0 spiro atoms. The van der Waals surface area contributed by atoms with Gasteiger partial charge in [-0.1, -0.05) is 0 Å². The number of hydrogen-bond acceptors (Lipinski definition) is 0. The first-order valence-corrected chi connectivity index (χ1v) is 30.6. The molecule has 63 heavy (non-hydrogen) atoms. The van der Waals surface area contributed by atoms with Gasteiger partial charge in [0.2, 0.25) is 0 Å². The molecule has 3 heteroatoms. The van der Waals surface area contributed by atoms with Crippen molar-refractivity contribution in [2.45, 2.75) is 200 Å². The van der Waals surface area contributed by atoms with Crippen molar-refractivity contribution in [3.8, 4) is 22.3 Å². The molecule has 0 bridgehead atoms. The van der Waals surface area contributed by atoms with E-state index in [1.54, 1.807) is 44.5 Å². The molecular formula is C60H82Cl2Zr. The predicted octanol–water partition coefficient (Wildman–Crippen LogP) is 12.4. The van der Waals surface area contributed by atoms with Gasteiger partial charge in [-0.3, -0.25) is 0 Å². The summed E-state index contributed by atoms with van der Waals surface area (Å²) in [7, 11) is 0. The van der Waals surface area contributed by atoms with Gasteiger partial charge in [-0.15, -0.1) is 0 Å². The average Bonchev–Trinajstić information content (AvgIpc) is 3.69. The zero-order valence-corrected chi connectivity index (χ0v) is 46.8. The van der Waals surface area contributed by atoms with Gasteiger partial charge >= 0.3 is 381 Å². The molecule has 2 unspecified atom stereocenters. The molecule has 7 rings (SSSR count). The van der Waals surface area contributed by atoms with Crippen molar-refractivity contribution in [3.63, 3.8) is 0 Å². The molecule has 1 fully saturated rings. The van der Waals surface area contributed by atoms with Gasteiger partial charge in [-0.25, -0.2) is 0 Å². The molecule has 4 aromatic rings. The van der Waals surface area contributed by atoms with Gasteiger partial charge in [0.05, 0.1) is 0 Å². The molecule has 0 aromatic heterocycles. The summed E-state index contributed by atoms with van der Waals surface area (Å²) in [4.78, 5) is 0. The first-order chi connectivity index (χ1) is 28.3. The standard InChI is InChI=1S/2C29H39.C2H4.2ClH.Zr/c2*1-10-11-12-21-14-25-19(2)13-20(3)27(26(25)15-21)22-16-23(28(4,5)6)18-24(17-22)29(7,8)9;1-2;;;/h2*13-18H,10-12H2,1-9H3;1-2H2;2*1H;/q;;;;;+2/p-2. The third-order valence-electron chi connectivity index (χ3n) is 15.1. The van der Waals surface area contributed by atoms with E-state index in [2.05, 4.69) is 185 Å². The summed E-state index contributed by atoms with van der Waals surface area (Å²) < 4.78 is 4.29. The van der Waals surface area contributed by atoms with E-state index in [-0.39, 0.29) is 46.5 Å². The second-order valence-corrected chi connectivity index (χ2v) is 35.6. The van der Waals surface area contributed by atoms with Gasteiger partial charge in [-0.05, 0) is 0 Å². The van der Waals surface area contributed by atoms with Gasteiger partial charge in [-0.2, -0.15) is 0 Å². The van der Waals surface area contributed by atoms with Crippen molar-refractivity contribution in [2.24, 2.45) is 0 Å². The molecule has 4 aromatic carbocycles. The van der Waals surface area contributed by atoms with E-state index in [0.717, 1.165) is 0 Å². The fourth-order valence-electron chi connectivity index (χ4n) is 11.5. The molecule has 0 saturated carbocycles. The Balaban J connectivity index is 0.00000374. The summed E-state index contributed by atoms with van der Waals surface area (Å²) in [6, 6.07) is 20.4. The maximum atomic E-state index is 2.78. The van der Waals surface area contributed by atoms with E-state index in [1.807, 2.05) is 0 Å². The summed E-state index contributed by atoms with van der Waals surface area (Å²) in [5.74, 6) is 0. The minimum atomic E-state index is -3.06. The van der Waals surface area contributed by atoms with Crippen LogP contribution in [0.15, 0.2) is 59.7 Å². The minimum absolute atomic E-state index is 0. The van der Waals surface area contributed by atoms with Crippen molar-refractivity contribution in [3.05, 3.63) is 126 Å². The summed E-state index contributed by atoms with van der Waals surface area (Å²) in [5, 5.41) is 0. The number of halogens is 2. The molecule has 2 atom stereocenters. The molecule has 0 N–H and O–H groups in total. The van der Waals surface area contributed by atoms with E-state index >= 15 is 0 Å². The number of fused-ring (bicyclic) bond motifs is 2. The van der Waals surface area contributed by atoms with Gasteiger partial charge in [0.1, 0.15) is 0 Å². The zero-order chi connectivity index (χ0) is 44.8. The number of hydrogen-bond donors (Lipinski definition) is 0. The Morgan fingerprint density at radius 2 is 0.746 bits per heavy atom. The first-order valence-electron chi connectivity index (χ1n) is 24.3. The van der Waals surface area contributed by atoms with Crippen LogP contribution in [0.5, 0.6) is 0 Å². The van der Waals surface area contributed by atoms with Crippen LogP contribution in [0.3, 0.4) is 0 Å². The molecule has 1 aliphatic heterocycles. The number of benzene rings is 4. The van der Waals surface area contributed by atoms with Gasteiger partial charge in [0.25, 0.3) is 0 Å². The number of allylic oxidation sites excluding steroid dienone is 2. The number of aryl methyl sites for hydroxylation is 4. The SMILES string of the molecule is CCCCC1=Cc2c(-c3cc(C(C)(C)C)cc(C(C)(C)C)c3)c(C)cc(C)c2[CH]1[Zr+2]1([CH]2C(CCCC)=Cc3c(-c4cc(C(C)(C)C)cc(C(C)(C)C)c4)c(C)cc(C)c32)[CH2][CH2]1.[Cl-].[Cl-]. The maximum Gasteiger partial charge on any atom is -1.00 e. The minimum Gasteiger partial charge on any atom is -1.00 e. The van der Waals surface area contributed by atoms with E-state index in [0.29, 0.717) is 7.25 Å². The Morgan fingerprint density at radius 3 is 1.00 bits per heavy atom. The van der Waals surface area contributed by atoms with E-state index in [1.165, 1.54) is 102 Å². The van der Waals surface area contributed by atoms with Crippen molar-refractivity contribution >= 4 is 12.2 Å². The molecular weight excluding hydrogens is 883 g/mol. The molecule has 0 radical (unpaired) electrons. The zero-order valence-electron chi connectivity index (χ0n) is 42.8. The number of rotatable bonds is 10. The molecule has 3 aliphatic rings. The Kier molecular flexibility index (Phi) is 15.2. The molecule has 340 valence electrons. The van der Waals surface area contributed by atoms with Crippen LogP contribution in [0.4, 0.5) is 0 Å². The quantitative estimate of drug-likeness (QED) is 0.149. The molecule has 2 aliphatic carbocycles. The predicted molar refractivity (Wildman–Crippen MR) is 268 cm³/mol. The van der Waals surface area contributed by atoms with Gasteiger partial charge < -0.3 is 24.8 Å². The fourth-order valence-corrected chi connectivity index (χ4v) is 29.5. The van der Waals surface area contributed by atoms with Crippen LogP contribution in [0.1, 0.15) is 209 Å². The molecule has 0 amide bonds. The maximum absolute atomic E-state index is 3.06. The van der Waals surface area contributed by atoms with Crippen LogP contribution in [0.2, 0.25) is 8.26 Å². The number of unbranched alkanes of at least 4 members (excludes halogenated alkanes) is 2.